The standard InChI is InChI=1S/C24H28N2O4/c1-25-23(28)24(17-26(12-14-30-24)22(27)21-11-6-13-29-21)16-18-7-5-10-20(15-18)19-8-3-2-4-9-19/h2-5,7-10,15,21H,6,11-14,16-17H2,1H3,(H,25,28)/t21-,24+/m1/s1. The molecule has 2 saturated heterocycles. The van der Waals surface area contributed by atoms with Crippen molar-refractivity contribution in [1.82, 2.24) is 10.2 Å². The van der Waals surface area contributed by atoms with E-state index in [-0.39, 0.29) is 18.4 Å². The van der Waals surface area contributed by atoms with E-state index in [0.29, 0.717) is 26.2 Å². The quantitative estimate of drug-likeness (QED) is 0.825. The first-order valence-electron chi connectivity index (χ1n) is 10.5. The molecule has 0 saturated carbocycles. The summed E-state index contributed by atoms with van der Waals surface area (Å²) in [5.41, 5.74) is 2.08. The van der Waals surface area contributed by atoms with Gasteiger partial charge in [0.25, 0.3) is 11.8 Å². The molecule has 2 aromatic rings. The lowest BCUT2D eigenvalue weighted by atomic mass is 9.89. The Bertz CT molecular complexity index is 895. The average molecular weight is 408 g/mol. The van der Waals surface area contributed by atoms with Gasteiger partial charge in [-0.05, 0) is 29.5 Å². The summed E-state index contributed by atoms with van der Waals surface area (Å²) in [6.45, 7) is 1.64. The van der Waals surface area contributed by atoms with Gasteiger partial charge in [0.1, 0.15) is 6.10 Å². The smallest absolute Gasteiger partial charge is 0.254 e. The third-order valence-corrected chi connectivity index (χ3v) is 5.87. The van der Waals surface area contributed by atoms with Gasteiger partial charge in [0.15, 0.2) is 5.60 Å². The second-order valence-corrected chi connectivity index (χ2v) is 7.93. The Hall–Kier alpha value is -2.70. The maximum atomic E-state index is 12.9. The molecule has 0 bridgehead atoms. The Morgan fingerprint density at radius 3 is 2.63 bits per heavy atom. The molecule has 6 heteroatoms. The number of ether oxygens (including phenoxy) is 2. The van der Waals surface area contributed by atoms with Crippen molar-refractivity contribution < 1.29 is 19.1 Å². The van der Waals surface area contributed by atoms with E-state index >= 15 is 0 Å². The van der Waals surface area contributed by atoms with E-state index in [1.54, 1.807) is 11.9 Å². The molecule has 30 heavy (non-hydrogen) atoms. The zero-order valence-electron chi connectivity index (χ0n) is 17.3. The Morgan fingerprint density at radius 1 is 1.10 bits per heavy atom. The molecule has 2 aromatic carbocycles. The van der Waals surface area contributed by atoms with Gasteiger partial charge in [0.05, 0.1) is 13.2 Å². The van der Waals surface area contributed by atoms with Gasteiger partial charge in [0.2, 0.25) is 0 Å². The first kappa shape index (κ1) is 20.6. The third kappa shape index (κ3) is 4.25. The molecule has 0 radical (unpaired) electrons. The van der Waals surface area contributed by atoms with Crippen LogP contribution in [-0.4, -0.2) is 61.8 Å². The summed E-state index contributed by atoms with van der Waals surface area (Å²) in [5, 5.41) is 2.74. The van der Waals surface area contributed by atoms with E-state index in [1.807, 2.05) is 30.3 Å². The SMILES string of the molecule is CNC(=O)[C@]1(Cc2cccc(-c3ccccc3)c2)CN(C(=O)[C@H]2CCCO2)CCO1. The van der Waals surface area contributed by atoms with Crippen molar-refractivity contribution in [2.45, 2.75) is 31.0 Å². The minimum absolute atomic E-state index is 0.0397. The van der Waals surface area contributed by atoms with Gasteiger partial charge in [-0.3, -0.25) is 9.59 Å². The van der Waals surface area contributed by atoms with Crippen LogP contribution in [0.15, 0.2) is 54.6 Å². The van der Waals surface area contributed by atoms with Crippen LogP contribution in [0.3, 0.4) is 0 Å². The predicted molar refractivity (Wildman–Crippen MR) is 114 cm³/mol. The minimum Gasteiger partial charge on any atom is -0.368 e. The summed E-state index contributed by atoms with van der Waals surface area (Å²) in [7, 11) is 1.61. The number of hydrogen-bond donors (Lipinski definition) is 1. The maximum absolute atomic E-state index is 12.9. The molecule has 0 unspecified atom stereocenters. The summed E-state index contributed by atoms with van der Waals surface area (Å²) in [6, 6.07) is 18.3. The molecule has 0 aromatic heterocycles. The lowest BCUT2D eigenvalue weighted by Crippen LogP contribution is -2.62. The fraction of sp³-hybridized carbons (Fsp3) is 0.417. The highest BCUT2D eigenvalue weighted by Crippen LogP contribution is 2.28. The van der Waals surface area contributed by atoms with Crippen LogP contribution >= 0.6 is 0 Å². The minimum atomic E-state index is -1.11. The molecular weight excluding hydrogens is 380 g/mol. The average Bonchev–Trinajstić information content (AvgIpc) is 3.34. The number of amides is 2. The van der Waals surface area contributed by atoms with Crippen molar-refractivity contribution in [3.63, 3.8) is 0 Å². The molecule has 4 rings (SSSR count). The number of nitrogens with zero attached hydrogens (tertiary/aromatic N) is 1. The highest BCUT2D eigenvalue weighted by molar-refractivity contribution is 5.88. The van der Waals surface area contributed by atoms with Gasteiger partial charge >= 0.3 is 0 Å². The van der Waals surface area contributed by atoms with Gasteiger partial charge in [0, 0.05) is 26.6 Å². The summed E-state index contributed by atoms with van der Waals surface area (Å²) in [5.74, 6) is -0.250. The van der Waals surface area contributed by atoms with Crippen LogP contribution in [0.5, 0.6) is 0 Å². The molecule has 0 aliphatic carbocycles. The van der Waals surface area contributed by atoms with Gasteiger partial charge in [-0.1, -0.05) is 54.6 Å². The lowest BCUT2D eigenvalue weighted by molar-refractivity contribution is -0.169. The Kier molecular flexibility index (Phi) is 6.16. The number of rotatable bonds is 5. The Balaban J connectivity index is 1.58. The van der Waals surface area contributed by atoms with Crippen LogP contribution in [0.25, 0.3) is 11.1 Å². The number of carbonyl (C=O) groups excluding carboxylic acids is 2. The van der Waals surface area contributed by atoms with Crippen molar-refractivity contribution in [2.75, 3.05) is 33.4 Å². The van der Waals surface area contributed by atoms with Crippen LogP contribution in [0.1, 0.15) is 18.4 Å². The lowest BCUT2D eigenvalue weighted by Gasteiger charge is -2.42. The second-order valence-electron chi connectivity index (χ2n) is 7.93. The first-order valence-corrected chi connectivity index (χ1v) is 10.5. The van der Waals surface area contributed by atoms with E-state index < -0.39 is 11.7 Å². The first-order chi connectivity index (χ1) is 14.6. The molecule has 2 aliphatic heterocycles. The number of likely N-dealkylation sites (N-methyl/N-ethyl adjacent to an activating group) is 1. The third-order valence-electron chi connectivity index (χ3n) is 5.87. The van der Waals surface area contributed by atoms with Gasteiger partial charge < -0.3 is 19.7 Å². The van der Waals surface area contributed by atoms with Gasteiger partial charge in [-0.2, -0.15) is 0 Å². The van der Waals surface area contributed by atoms with Crippen LogP contribution in [0.2, 0.25) is 0 Å². The summed E-state index contributed by atoms with van der Waals surface area (Å²) < 4.78 is 11.6. The highest BCUT2D eigenvalue weighted by atomic mass is 16.5. The van der Waals surface area contributed by atoms with Crippen molar-refractivity contribution in [1.29, 1.82) is 0 Å². The topological polar surface area (TPSA) is 67.9 Å². The zero-order chi connectivity index (χ0) is 21.0. The second kappa shape index (κ2) is 8.98. The van der Waals surface area contributed by atoms with E-state index in [2.05, 4.69) is 29.6 Å². The summed E-state index contributed by atoms with van der Waals surface area (Å²) in [4.78, 5) is 27.6. The molecule has 6 nitrogen and oxygen atoms in total. The molecule has 2 fully saturated rings. The van der Waals surface area contributed by atoms with Crippen molar-refractivity contribution in [2.24, 2.45) is 0 Å². The Labute approximate surface area is 177 Å². The molecule has 158 valence electrons. The largest absolute Gasteiger partial charge is 0.368 e. The van der Waals surface area contributed by atoms with Crippen LogP contribution in [-0.2, 0) is 25.5 Å². The summed E-state index contributed by atoms with van der Waals surface area (Å²) in [6.07, 6.45) is 1.63. The van der Waals surface area contributed by atoms with E-state index in [0.717, 1.165) is 29.5 Å². The zero-order valence-corrected chi connectivity index (χ0v) is 17.3. The molecular formula is C24H28N2O4. The molecule has 2 atom stereocenters. The number of morpholine rings is 1. The van der Waals surface area contributed by atoms with Crippen molar-refractivity contribution in [3.8, 4) is 11.1 Å². The normalized spacial score (nSPS) is 23.9. The predicted octanol–water partition coefficient (Wildman–Crippen LogP) is 2.42. The van der Waals surface area contributed by atoms with E-state index in [1.165, 1.54) is 0 Å². The molecule has 2 heterocycles. The van der Waals surface area contributed by atoms with Gasteiger partial charge in [-0.25, -0.2) is 0 Å². The monoisotopic (exact) mass is 408 g/mol. The number of nitrogens with one attached hydrogen (secondary N) is 1. The number of hydrogen-bond acceptors (Lipinski definition) is 4. The van der Waals surface area contributed by atoms with Crippen LogP contribution in [0, 0.1) is 0 Å². The molecule has 2 aliphatic rings. The van der Waals surface area contributed by atoms with Crippen LogP contribution in [0.4, 0.5) is 0 Å². The van der Waals surface area contributed by atoms with Crippen LogP contribution < -0.4 is 5.32 Å². The fourth-order valence-electron chi connectivity index (χ4n) is 4.32. The molecule has 2 amide bonds. The van der Waals surface area contributed by atoms with Crippen molar-refractivity contribution >= 4 is 11.8 Å². The fourth-order valence-corrected chi connectivity index (χ4v) is 4.32. The highest BCUT2D eigenvalue weighted by Gasteiger charge is 2.45. The number of benzene rings is 2. The van der Waals surface area contributed by atoms with Gasteiger partial charge in [-0.15, -0.1) is 0 Å². The maximum Gasteiger partial charge on any atom is 0.254 e. The molecule has 1 N–H and O–H groups in total. The number of carbonyl (C=O) groups is 2. The summed E-state index contributed by atoms with van der Waals surface area (Å²) >= 11 is 0. The molecule has 0 spiro atoms. The van der Waals surface area contributed by atoms with E-state index in [4.69, 9.17) is 9.47 Å². The van der Waals surface area contributed by atoms with E-state index in [9.17, 15) is 9.59 Å². The Morgan fingerprint density at radius 2 is 1.90 bits per heavy atom. The van der Waals surface area contributed by atoms with Crippen molar-refractivity contribution in [3.05, 3.63) is 60.2 Å².